The zero-order valence-electron chi connectivity index (χ0n) is 19.1. The lowest BCUT2D eigenvalue weighted by atomic mass is 9.95. The van der Waals surface area contributed by atoms with Gasteiger partial charge in [0, 0.05) is 23.7 Å². The number of phenolic OH excluding ortho intramolecular Hbond substituents is 1. The van der Waals surface area contributed by atoms with Crippen molar-refractivity contribution in [3.05, 3.63) is 77.6 Å². The van der Waals surface area contributed by atoms with Crippen LogP contribution in [-0.2, 0) is 16.9 Å². The Morgan fingerprint density at radius 3 is 2.72 bits per heavy atom. The molecule has 0 saturated carbocycles. The van der Waals surface area contributed by atoms with Gasteiger partial charge in [0.15, 0.2) is 11.1 Å². The van der Waals surface area contributed by atoms with Crippen molar-refractivity contribution in [2.45, 2.75) is 12.1 Å². The van der Waals surface area contributed by atoms with Crippen molar-refractivity contribution in [3.63, 3.8) is 0 Å². The lowest BCUT2D eigenvalue weighted by Crippen LogP contribution is -2.52. The van der Waals surface area contributed by atoms with Gasteiger partial charge in [-0.05, 0) is 42.0 Å². The molecule has 36 heavy (non-hydrogen) atoms. The number of ether oxygens (including phenoxy) is 1. The largest absolute Gasteiger partial charge is 0.508 e. The molecular formula is C26H20N4O6. The van der Waals surface area contributed by atoms with Gasteiger partial charge in [0.25, 0.3) is 11.8 Å². The molecule has 1 atom stereocenters. The second kappa shape index (κ2) is 7.84. The fraction of sp³-hybridized carbons (Fsp3) is 0.154. The Morgan fingerprint density at radius 2 is 1.97 bits per heavy atom. The number of amides is 4. The monoisotopic (exact) mass is 484 g/mol. The van der Waals surface area contributed by atoms with E-state index in [1.165, 1.54) is 12.0 Å². The topological polar surface area (TPSA) is 134 Å². The van der Waals surface area contributed by atoms with Crippen molar-refractivity contribution in [2.75, 3.05) is 13.7 Å². The molecule has 2 aliphatic rings. The Morgan fingerprint density at radius 1 is 1.11 bits per heavy atom. The number of carbonyl (C=O) groups excluding carboxylic acids is 3. The summed E-state index contributed by atoms with van der Waals surface area (Å²) < 4.78 is 11.2. The van der Waals surface area contributed by atoms with Crippen LogP contribution in [0.3, 0.4) is 0 Å². The Bertz CT molecular complexity index is 1580. The van der Waals surface area contributed by atoms with Gasteiger partial charge in [-0.2, -0.15) is 0 Å². The van der Waals surface area contributed by atoms with E-state index in [0.29, 0.717) is 33.7 Å². The number of nitrogens with zero attached hydrogens (tertiary/aromatic N) is 2. The normalized spacial score (nSPS) is 18.9. The molecule has 0 unspecified atom stereocenters. The maximum atomic E-state index is 13.2. The number of pyridine rings is 1. The van der Waals surface area contributed by atoms with Crippen LogP contribution in [0.4, 0.5) is 4.79 Å². The van der Waals surface area contributed by atoms with Gasteiger partial charge in [-0.25, -0.2) is 9.78 Å². The van der Waals surface area contributed by atoms with E-state index in [1.807, 2.05) is 6.07 Å². The number of rotatable bonds is 5. The Hall–Kier alpha value is -4.86. The van der Waals surface area contributed by atoms with E-state index in [0.717, 1.165) is 5.56 Å². The number of phenols is 1. The van der Waals surface area contributed by atoms with Crippen molar-refractivity contribution >= 4 is 28.9 Å². The van der Waals surface area contributed by atoms with E-state index in [1.54, 1.807) is 54.6 Å². The number of nitrogens with one attached hydrogen (secondary N) is 2. The average Bonchev–Trinajstić information content (AvgIpc) is 3.52. The summed E-state index contributed by atoms with van der Waals surface area (Å²) in [5.74, 6) is -0.0848. The summed E-state index contributed by atoms with van der Waals surface area (Å²) in [6, 6.07) is 16.3. The lowest BCUT2D eigenvalue weighted by Gasteiger charge is -2.28. The lowest BCUT2D eigenvalue weighted by molar-refractivity contribution is -0.125. The van der Waals surface area contributed by atoms with Gasteiger partial charge in [0.1, 0.15) is 22.8 Å². The SMILES string of the molecule is COc1ccc2c(c1)C(=O)N(C[C@@]1(c3cc4nc(-c5cccc(O)c5)ccc4o3)NC(=O)NC1=O)C2. The van der Waals surface area contributed by atoms with Crippen LogP contribution in [0.15, 0.2) is 65.1 Å². The number of urea groups is 1. The van der Waals surface area contributed by atoms with Crippen molar-refractivity contribution < 1.29 is 28.6 Å². The van der Waals surface area contributed by atoms with Gasteiger partial charge in [0.05, 0.1) is 19.3 Å². The number of fused-ring (bicyclic) bond motifs is 2. The van der Waals surface area contributed by atoms with Crippen LogP contribution >= 0.6 is 0 Å². The molecule has 10 nitrogen and oxygen atoms in total. The number of hydrogen-bond donors (Lipinski definition) is 3. The fourth-order valence-electron chi connectivity index (χ4n) is 4.70. The molecule has 0 spiro atoms. The van der Waals surface area contributed by atoms with Crippen LogP contribution in [0.1, 0.15) is 21.7 Å². The van der Waals surface area contributed by atoms with E-state index in [4.69, 9.17) is 9.15 Å². The van der Waals surface area contributed by atoms with E-state index in [9.17, 15) is 19.5 Å². The first-order valence-electron chi connectivity index (χ1n) is 11.2. The van der Waals surface area contributed by atoms with E-state index < -0.39 is 17.5 Å². The third kappa shape index (κ3) is 3.34. The molecule has 0 radical (unpaired) electrons. The van der Waals surface area contributed by atoms with E-state index in [-0.39, 0.29) is 30.5 Å². The van der Waals surface area contributed by atoms with E-state index in [2.05, 4.69) is 15.6 Å². The molecule has 180 valence electrons. The molecule has 2 aromatic heterocycles. The molecule has 6 rings (SSSR count). The first-order valence-corrected chi connectivity index (χ1v) is 11.2. The Kier molecular flexibility index (Phi) is 4.72. The predicted molar refractivity (Wildman–Crippen MR) is 127 cm³/mol. The van der Waals surface area contributed by atoms with Crippen molar-refractivity contribution in [1.29, 1.82) is 0 Å². The second-order valence-electron chi connectivity index (χ2n) is 8.74. The minimum atomic E-state index is -1.63. The highest BCUT2D eigenvalue weighted by atomic mass is 16.5. The fourth-order valence-corrected chi connectivity index (χ4v) is 4.70. The molecule has 10 heteroatoms. The van der Waals surface area contributed by atoms with Crippen LogP contribution in [0.2, 0.25) is 0 Å². The molecule has 3 N–H and O–H groups in total. The Balaban J connectivity index is 1.38. The van der Waals surface area contributed by atoms with Gasteiger partial charge in [-0.1, -0.05) is 18.2 Å². The van der Waals surface area contributed by atoms with Crippen LogP contribution in [0, 0.1) is 0 Å². The van der Waals surface area contributed by atoms with Gasteiger partial charge < -0.3 is 24.5 Å². The van der Waals surface area contributed by atoms with Gasteiger partial charge >= 0.3 is 6.03 Å². The molecule has 0 bridgehead atoms. The molecule has 1 fully saturated rings. The molecular weight excluding hydrogens is 464 g/mol. The van der Waals surface area contributed by atoms with Crippen molar-refractivity contribution in [3.8, 4) is 22.8 Å². The zero-order valence-corrected chi connectivity index (χ0v) is 19.1. The van der Waals surface area contributed by atoms with Crippen LogP contribution in [0.5, 0.6) is 11.5 Å². The van der Waals surface area contributed by atoms with Crippen molar-refractivity contribution in [2.24, 2.45) is 0 Å². The molecule has 4 heterocycles. The van der Waals surface area contributed by atoms with Gasteiger partial charge in [-0.15, -0.1) is 0 Å². The number of aromatic nitrogens is 1. The first-order chi connectivity index (χ1) is 17.4. The maximum Gasteiger partial charge on any atom is 0.322 e. The highest BCUT2D eigenvalue weighted by Gasteiger charge is 2.53. The number of carbonyl (C=O) groups is 3. The van der Waals surface area contributed by atoms with Crippen LogP contribution in [-0.4, -0.2) is 46.5 Å². The molecule has 2 aromatic carbocycles. The minimum absolute atomic E-state index is 0.112. The third-order valence-electron chi connectivity index (χ3n) is 6.50. The smallest absolute Gasteiger partial charge is 0.322 e. The maximum absolute atomic E-state index is 13.2. The highest BCUT2D eigenvalue weighted by Crippen LogP contribution is 2.35. The number of imide groups is 1. The number of furan rings is 1. The van der Waals surface area contributed by atoms with Crippen LogP contribution < -0.4 is 15.4 Å². The highest BCUT2D eigenvalue weighted by molar-refractivity contribution is 6.08. The quantitative estimate of drug-likeness (QED) is 0.371. The Labute approximate surface area is 204 Å². The molecule has 0 aliphatic carbocycles. The number of benzene rings is 2. The summed E-state index contributed by atoms with van der Waals surface area (Å²) in [5, 5.41) is 14.7. The average molecular weight is 484 g/mol. The molecule has 2 aliphatic heterocycles. The third-order valence-corrected chi connectivity index (χ3v) is 6.50. The summed E-state index contributed by atoms with van der Waals surface area (Å²) in [7, 11) is 1.52. The predicted octanol–water partition coefficient (Wildman–Crippen LogP) is 2.90. The number of hydrogen-bond acceptors (Lipinski definition) is 7. The summed E-state index contributed by atoms with van der Waals surface area (Å²) in [6.07, 6.45) is 0. The van der Waals surface area contributed by atoms with Crippen molar-refractivity contribution in [1.82, 2.24) is 20.5 Å². The first kappa shape index (κ1) is 21.7. The summed E-state index contributed by atoms with van der Waals surface area (Å²) in [4.78, 5) is 44.6. The second-order valence-corrected chi connectivity index (χ2v) is 8.74. The van der Waals surface area contributed by atoms with E-state index >= 15 is 0 Å². The number of aromatic hydroxyl groups is 1. The van der Waals surface area contributed by atoms with Crippen LogP contribution in [0.25, 0.3) is 22.4 Å². The number of methoxy groups -OCH3 is 1. The molecule has 1 saturated heterocycles. The minimum Gasteiger partial charge on any atom is -0.508 e. The standard InChI is InChI=1S/C26H20N4O6/c1-35-17-6-5-15-12-30(23(32)18(15)10-17)13-26(24(33)28-25(34)29-26)22-11-20-21(36-22)8-7-19(27-20)14-3-2-4-16(31)9-14/h2-11,31H,12-13H2,1H3,(H2,28,29,33,34)/t26-/m0/s1. The summed E-state index contributed by atoms with van der Waals surface area (Å²) in [5.41, 5.74) is 1.81. The van der Waals surface area contributed by atoms with Gasteiger partial charge in [-0.3, -0.25) is 14.9 Å². The molecule has 4 amide bonds. The summed E-state index contributed by atoms with van der Waals surface area (Å²) >= 11 is 0. The summed E-state index contributed by atoms with van der Waals surface area (Å²) in [6.45, 7) is 0.128. The molecule has 4 aromatic rings. The van der Waals surface area contributed by atoms with Gasteiger partial charge in [0.2, 0.25) is 0 Å². The zero-order chi connectivity index (χ0) is 25.0.